The van der Waals surface area contributed by atoms with Crippen LogP contribution in [0, 0.1) is 20.8 Å². The fraction of sp³-hybridized carbons (Fsp3) is 0.129. The van der Waals surface area contributed by atoms with Gasteiger partial charge < -0.3 is 0 Å². The average molecular weight is 795 g/mol. The van der Waals surface area contributed by atoms with Crippen LogP contribution >= 0.6 is 0 Å². The first kappa shape index (κ1) is 37.9. The van der Waals surface area contributed by atoms with E-state index in [1.54, 1.807) is 0 Å². The fourth-order valence-electron chi connectivity index (χ4n) is 10.6. The van der Waals surface area contributed by atoms with Crippen molar-refractivity contribution in [3.8, 4) is 33.4 Å². The van der Waals surface area contributed by atoms with Crippen LogP contribution in [0.1, 0.15) is 70.7 Å². The zero-order valence-corrected chi connectivity index (χ0v) is 36.1. The predicted octanol–water partition coefficient (Wildman–Crippen LogP) is 17.5. The van der Waals surface area contributed by atoms with E-state index in [2.05, 4.69) is 210 Å². The van der Waals surface area contributed by atoms with Gasteiger partial charge in [0.15, 0.2) is 0 Å². The molecule has 0 heteroatoms. The van der Waals surface area contributed by atoms with E-state index < -0.39 is 0 Å². The summed E-state index contributed by atoms with van der Waals surface area (Å²) in [7, 11) is 0. The Kier molecular flexibility index (Phi) is 9.46. The van der Waals surface area contributed by atoms with E-state index in [1.807, 2.05) is 0 Å². The first-order chi connectivity index (χ1) is 30.4. The first-order valence-electron chi connectivity index (χ1n) is 22.4. The molecule has 9 aromatic carbocycles. The normalized spacial score (nSPS) is 13.9. The second-order valence-electron chi connectivity index (χ2n) is 17.6. The monoisotopic (exact) mass is 794 g/mol. The van der Waals surface area contributed by atoms with Gasteiger partial charge in [-0.15, -0.1) is 0 Å². The Morgan fingerprint density at radius 2 is 0.984 bits per heavy atom. The number of fused-ring (bicyclic) bond motifs is 9. The standard InChI is InChI=1S/C62H50/c1-5-14-52-41(4)53-19-6-7-20-54(53)61-37-46(25-27-59(52)61)50-31-39(2)29-48(35-50)44-17-12-15-42(33-44)43-16-13-18-45(34-43)49-30-40(3)32-51(36-49)47-26-28-60-57-23-9-8-21-55(57)56-22-10-11-24-58(56)62(60)38-47/h5,7-12,14-17,20-38H,6,13,18-19H2,1-4H3/b14-5-. The van der Waals surface area contributed by atoms with Crippen LogP contribution in [-0.2, 0) is 6.42 Å². The summed E-state index contributed by atoms with van der Waals surface area (Å²) in [6.07, 6.45) is 18.3. The first-order valence-corrected chi connectivity index (χ1v) is 22.4. The van der Waals surface area contributed by atoms with Gasteiger partial charge in [0.05, 0.1) is 0 Å². The van der Waals surface area contributed by atoms with Crippen LogP contribution in [0.25, 0.3) is 99.8 Å². The summed E-state index contributed by atoms with van der Waals surface area (Å²) in [5.74, 6) is 0. The van der Waals surface area contributed by atoms with Gasteiger partial charge in [0.1, 0.15) is 0 Å². The third-order valence-corrected chi connectivity index (χ3v) is 13.5. The van der Waals surface area contributed by atoms with Crippen LogP contribution in [0.4, 0.5) is 0 Å². The maximum atomic E-state index is 2.44. The second kappa shape index (κ2) is 15.5. The molecule has 9 aromatic rings. The molecule has 298 valence electrons. The molecule has 0 atom stereocenters. The molecule has 0 saturated carbocycles. The number of aryl methyl sites for hydroxylation is 2. The van der Waals surface area contributed by atoms with Crippen LogP contribution < -0.4 is 0 Å². The van der Waals surface area contributed by atoms with E-state index in [1.165, 1.54) is 132 Å². The molecule has 0 saturated heterocycles. The van der Waals surface area contributed by atoms with Crippen molar-refractivity contribution in [2.75, 3.05) is 0 Å². The minimum Gasteiger partial charge on any atom is -0.0870 e. The molecule has 2 aliphatic carbocycles. The van der Waals surface area contributed by atoms with Crippen molar-refractivity contribution in [2.24, 2.45) is 0 Å². The molecule has 0 amide bonds. The average Bonchev–Trinajstić information content (AvgIpc) is 3.32. The van der Waals surface area contributed by atoms with Crippen molar-refractivity contribution in [3.63, 3.8) is 0 Å². The molecule has 0 aliphatic heterocycles. The molecule has 0 unspecified atom stereocenters. The van der Waals surface area contributed by atoms with Gasteiger partial charge in [0.25, 0.3) is 0 Å². The summed E-state index contributed by atoms with van der Waals surface area (Å²) in [5, 5.41) is 10.5. The summed E-state index contributed by atoms with van der Waals surface area (Å²) in [4.78, 5) is 0. The van der Waals surface area contributed by atoms with E-state index in [9.17, 15) is 0 Å². The van der Waals surface area contributed by atoms with Crippen LogP contribution in [0.2, 0.25) is 0 Å². The lowest BCUT2D eigenvalue weighted by atomic mass is 9.84. The molecule has 62 heavy (non-hydrogen) atoms. The van der Waals surface area contributed by atoms with E-state index in [-0.39, 0.29) is 0 Å². The van der Waals surface area contributed by atoms with Gasteiger partial charge in [0, 0.05) is 0 Å². The third kappa shape index (κ3) is 6.63. The van der Waals surface area contributed by atoms with Gasteiger partial charge in [-0.2, -0.15) is 0 Å². The smallest absolute Gasteiger partial charge is 0.00928 e. The van der Waals surface area contributed by atoms with Crippen molar-refractivity contribution in [1.29, 1.82) is 0 Å². The maximum Gasteiger partial charge on any atom is -0.00928 e. The molecule has 0 nitrogen and oxygen atoms in total. The highest BCUT2D eigenvalue weighted by molar-refractivity contribution is 6.25. The topological polar surface area (TPSA) is 0 Å². The number of hydrogen-bond donors (Lipinski definition) is 0. The van der Waals surface area contributed by atoms with Gasteiger partial charge in [-0.3, -0.25) is 0 Å². The molecule has 0 spiro atoms. The lowest BCUT2D eigenvalue weighted by molar-refractivity contribution is 0.974. The molecule has 0 aromatic heterocycles. The number of rotatable bonds is 6. The summed E-state index contributed by atoms with van der Waals surface area (Å²) in [6, 6.07) is 55.2. The lowest BCUT2D eigenvalue weighted by Gasteiger charge is -2.21. The third-order valence-electron chi connectivity index (χ3n) is 13.5. The molecule has 2 aliphatic rings. The Morgan fingerprint density at radius 3 is 1.66 bits per heavy atom. The van der Waals surface area contributed by atoms with Crippen molar-refractivity contribution in [3.05, 3.63) is 214 Å². The zero-order valence-electron chi connectivity index (χ0n) is 36.1. The minimum atomic E-state index is 1.02. The van der Waals surface area contributed by atoms with E-state index in [0.717, 1.165) is 25.7 Å². The van der Waals surface area contributed by atoms with E-state index in [0.29, 0.717) is 0 Å². The maximum absolute atomic E-state index is 2.44. The van der Waals surface area contributed by atoms with Crippen molar-refractivity contribution in [2.45, 2.75) is 53.4 Å². The van der Waals surface area contributed by atoms with Crippen LogP contribution in [-0.4, -0.2) is 0 Å². The quantitative estimate of drug-likeness (QED) is 0.147. The van der Waals surface area contributed by atoms with Gasteiger partial charge >= 0.3 is 0 Å². The van der Waals surface area contributed by atoms with Crippen molar-refractivity contribution < 1.29 is 0 Å². The SMILES string of the molecule is C/C=C\c1c(C)c2c(c3cc(-c4cc(C)cc(-c5cccc(C6=CCCC(c7cc(C)cc(-c8ccc9c%10ccccc%10c%10ccccc%10c9c8)c7)=C6)c5)c4)ccc13)C=CCC2. The van der Waals surface area contributed by atoms with Crippen molar-refractivity contribution in [1.82, 2.24) is 0 Å². The lowest BCUT2D eigenvalue weighted by Crippen LogP contribution is -2.02. The van der Waals surface area contributed by atoms with Gasteiger partial charge in [-0.1, -0.05) is 152 Å². The fourth-order valence-corrected chi connectivity index (χ4v) is 10.6. The highest BCUT2D eigenvalue weighted by Gasteiger charge is 2.18. The van der Waals surface area contributed by atoms with Crippen LogP contribution in [0.3, 0.4) is 0 Å². The molecule has 11 rings (SSSR count). The molecule has 0 heterocycles. The molecule has 0 radical (unpaired) electrons. The molecule has 0 N–H and O–H groups in total. The summed E-state index contributed by atoms with van der Waals surface area (Å²) in [5.41, 5.74) is 21.0. The number of benzene rings is 9. The number of allylic oxidation sites excluding steroid dienone is 6. The zero-order chi connectivity index (χ0) is 41.9. The molecule has 0 bridgehead atoms. The molecular formula is C62H50. The molecular weight excluding hydrogens is 745 g/mol. The Balaban J connectivity index is 0.931. The highest BCUT2D eigenvalue weighted by Crippen LogP contribution is 2.41. The van der Waals surface area contributed by atoms with E-state index in [4.69, 9.17) is 0 Å². The minimum absolute atomic E-state index is 1.02. The Morgan fingerprint density at radius 1 is 0.435 bits per heavy atom. The van der Waals surface area contributed by atoms with Gasteiger partial charge in [0.2, 0.25) is 0 Å². The van der Waals surface area contributed by atoms with Crippen LogP contribution in [0.5, 0.6) is 0 Å². The van der Waals surface area contributed by atoms with Gasteiger partial charge in [-0.05, 0) is 216 Å². The number of hydrogen-bond acceptors (Lipinski definition) is 0. The molecule has 0 fully saturated rings. The van der Waals surface area contributed by atoms with E-state index >= 15 is 0 Å². The summed E-state index contributed by atoms with van der Waals surface area (Å²) in [6.45, 7) is 8.89. The Bertz CT molecular complexity index is 3400. The summed E-state index contributed by atoms with van der Waals surface area (Å²) >= 11 is 0. The van der Waals surface area contributed by atoms with Crippen LogP contribution in [0.15, 0.2) is 170 Å². The predicted molar refractivity (Wildman–Crippen MR) is 271 cm³/mol. The largest absolute Gasteiger partial charge is 0.0870 e. The van der Waals surface area contributed by atoms with Gasteiger partial charge in [-0.25, -0.2) is 0 Å². The second-order valence-corrected chi connectivity index (χ2v) is 17.6. The summed E-state index contributed by atoms with van der Waals surface area (Å²) < 4.78 is 0. The Hall–Kier alpha value is -7.02. The Labute approximate surface area is 365 Å². The highest BCUT2D eigenvalue weighted by atomic mass is 14.2. The van der Waals surface area contributed by atoms with Crippen molar-refractivity contribution >= 4 is 66.4 Å².